The van der Waals surface area contributed by atoms with Crippen LogP contribution in [0.5, 0.6) is 0 Å². The number of amides is 3. The number of aliphatic carboxylic acids is 1. The topological polar surface area (TPSA) is 168 Å². The van der Waals surface area contributed by atoms with Crippen molar-refractivity contribution in [2.45, 2.75) is 83.0 Å². The highest BCUT2D eigenvalue weighted by atomic mass is 32.2. The van der Waals surface area contributed by atoms with Gasteiger partial charge in [-0.25, -0.2) is 4.79 Å². The molecule has 0 spiro atoms. The van der Waals surface area contributed by atoms with Gasteiger partial charge in [0.25, 0.3) is 0 Å². The molecule has 0 bridgehead atoms. The van der Waals surface area contributed by atoms with Crippen LogP contribution in [0.15, 0.2) is 0 Å². The van der Waals surface area contributed by atoms with Crippen molar-refractivity contribution in [3.8, 4) is 0 Å². The van der Waals surface area contributed by atoms with Gasteiger partial charge in [-0.15, -0.1) is 0 Å². The summed E-state index contributed by atoms with van der Waals surface area (Å²) in [5.41, 5.74) is 11.5. The number of rotatable bonds is 15. The Morgan fingerprint density at radius 2 is 1.82 bits per heavy atom. The second kappa shape index (κ2) is 15.1. The highest BCUT2D eigenvalue weighted by molar-refractivity contribution is 7.98. The van der Waals surface area contributed by atoms with Crippen LogP contribution in [-0.4, -0.2) is 83.0 Å². The minimum Gasteiger partial charge on any atom is -0.480 e. The number of thioether (sulfide) groups is 1. The molecule has 0 radical (unpaired) electrons. The van der Waals surface area contributed by atoms with Gasteiger partial charge in [-0.1, -0.05) is 13.8 Å². The zero-order chi connectivity index (χ0) is 25.0. The molecule has 0 saturated carbocycles. The van der Waals surface area contributed by atoms with Gasteiger partial charge in [-0.2, -0.15) is 11.8 Å². The van der Waals surface area contributed by atoms with E-state index in [-0.39, 0.29) is 18.2 Å². The molecule has 1 rings (SSSR count). The molecule has 0 aliphatic carbocycles. The number of hydrogen-bond acceptors (Lipinski definition) is 7. The summed E-state index contributed by atoms with van der Waals surface area (Å²) in [5.74, 6) is -1.48. The van der Waals surface area contributed by atoms with E-state index >= 15 is 0 Å². The third-order valence-electron chi connectivity index (χ3n) is 5.69. The molecule has 1 aliphatic heterocycles. The van der Waals surface area contributed by atoms with Crippen LogP contribution < -0.4 is 22.1 Å². The second-order valence-corrected chi connectivity index (χ2v) is 9.94. The van der Waals surface area contributed by atoms with Gasteiger partial charge in [0.05, 0.1) is 6.04 Å². The van der Waals surface area contributed by atoms with Gasteiger partial charge in [-0.3, -0.25) is 14.4 Å². The molecule has 1 heterocycles. The van der Waals surface area contributed by atoms with Crippen LogP contribution in [0.25, 0.3) is 0 Å². The molecule has 1 saturated heterocycles. The average Bonchev–Trinajstić information content (AvgIpc) is 3.25. The van der Waals surface area contributed by atoms with Crippen LogP contribution in [0, 0.1) is 5.92 Å². The number of unbranched alkanes of at least 4 members (excludes halogenated alkanes) is 1. The Bertz CT molecular complexity index is 663. The van der Waals surface area contributed by atoms with E-state index in [1.165, 1.54) is 4.90 Å². The van der Waals surface area contributed by atoms with E-state index in [9.17, 15) is 24.3 Å². The van der Waals surface area contributed by atoms with Crippen molar-refractivity contribution in [2.75, 3.05) is 25.1 Å². The molecule has 4 unspecified atom stereocenters. The molecule has 7 N–H and O–H groups in total. The average molecular weight is 488 g/mol. The van der Waals surface area contributed by atoms with E-state index in [1.807, 2.05) is 20.1 Å². The first-order valence-electron chi connectivity index (χ1n) is 11.7. The van der Waals surface area contributed by atoms with Crippen LogP contribution >= 0.6 is 11.8 Å². The van der Waals surface area contributed by atoms with Crippen molar-refractivity contribution in [1.82, 2.24) is 15.5 Å². The molecular weight excluding hydrogens is 446 g/mol. The predicted molar refractivity (Wildman–Crippen MR) is 130 cm³/mol. The normalized spacial score (nSPS) is 18.6. The third-order valence-corrected chi connectivity index (χ3v) is 6.33. The maximum atomic E-state index is 13.1. The van der Waals surface area contributed by atoms with Crippen molar-refractivity contribution in [3.63, 3.8) is 0 Å². The minimum absolute atomic E-state index is 0.0860. The van der Waals surface area contributed by atoms with E-state index in [4.69, 9.17) is 11.5 Å². The SMILES string of the molecule is CSCCC(N)C(=O)N1CCCC1C(=O)NC(CC(C)C)C(=O)NC(CCCCN)C(=O)O. The predicted octanol–water partition coefficient (Wildman–Crippen LogP) is 0.287. The molecule has 33 heavy (non-hydrogen) atoms. The zero-order valence-electron chi connectivity index (χ0n) is 20.0. The fraction of sp³-hybridized carbons (Fsp3) is 0.818. The lowest BCUT2D eigenvalue weighted by molar-refractivity contribution is -0.143. The fourth-order valence-corrected chi connectivity index (χ4v) is 4.37. The standard InChI is InChI=1S/C22H41N5O5S/c1-14(2)13-17(19(28)25-16(22(31)32)7-4-5-10-23)26-20(29)18-8-6-11-27(18)21(30)15(24)9-12-33-3/h14-18H,4-13,23-24H2,1-3H3,(H,25,28)(H,26,29)(H,31,32). The van der Waals surface area contributed by atoms with E-state index in [0.29, 0.717) is 51.6 Å². The van der Waals surface area contributed by atoms with Crippen LogP contribution in [0.1, 0.15) is 58.8 Å². The summed E-state index contributed by atoms with van der Waals surface area (Å²) in [5, 5.41) is 14.8. The number of carboxylic acid groups (broad SMARTS) is 1. The molecule has 11 heteroatoms. The third kappa shape index (κ3) is 9.89. The van der Waals surface area contributed by atoms with Gasteiger partial charge in [-0.05, 0) is 69.4 Å². The highest BCUT2D eigenvalue weighted by Gasteiger charge is 2.37. The molecule has 0 aromatic heterocycles. The number of carboxylic acids is 1. The number of nitrogens with two attached hydrogens (primary N) is 2. The summed E-state index contributed by atoms with van der Waals surface area (Å²) in [4.78, 5) is 51.8. The van der Waals surface area contributed by atoms with Gasteiger partial charge < -0.3 is 32.1 Å². The smallest absolute Gasteiger partial charge is 0.326 e. The largest absolute Gasteiger partial charge is 0.480 e. The Labute approximate surface area is 200 Å². The molecule has 190 valence electrons. The lowest BCUT2D eigenvalue weighted by Gasteiger charge is -2.29. The molecule has 0 aromatic rings. The Kier molecular flexibility index (Phi) is 13.4. The van der Waals surface area contributed by atoms with Gasteiger partial charge in [0.1, 0.15) is 18.1 Å². The second-order valence-electron chi connectivity index (χ2n) is 8.95. The summed E-state index contributed by atoms with van der Waals surface area (Å²) < 4.78 is 0. The molecule has 10 nitrogen and oxygen atoms in total. The summed E-state index contributed by atoms with van der Waals surface area (Å²) in [6.45, 7) is 4.73. The van der Waals surface area contributed by atoms with Crippen molar-refractivity contribution < 1.29 is 24.3 Å². The quantitative estimate of drug-likeness (QED) is 0.205. The molecule has 1 aliphatic rings. The zero-order valence-corrected chi connectivity index (χ0v) is 20.9. The van der Waals surface area contributed by atoms with Gasteiger partial charge in [0.15, 0.2) is 0 Å². The van der Waals surface area contributed by atoms with Crippen molar-refractivity contribution in [1.29, 1.82) is 0 Å². The Morgan fingerprint density at radius 3 is 2.39 bits per heavy atom. The monoisotopic (exact) mass is 487 g/mol. The van der Waals surface area contributed by atoms with Crippen LogP contribution in [0.4, 0.5) is 0 Å². The van der Waals surface area contributed by atoms with E-state index in [0.717, 1.165) is 5.75 Å². The molecule has 1 fully saturated rings. The number of hydrogen-bond donors (Lipinski definition) is 5. The first kappa shape index (κ1) is 29.2. The summed E-state index contributed by atoms with van der Waals surface area (Å²) in [7, 11) is 0. The maximum absolute atomic E-state index is 13.1. The van der Waals surface area contributed by atoms with Crippen LogP contribution in [0.2, 0.25) is 0 Å². The molecule has 3 amide bonds. The Hall–Kier alpha value is -1.85. The van der Waals surface area contributed by atoms with E-state index < -0.39 is 42.0 Å². The van der Waals surface area contributed by atoms with Crippen molar-refractivity contribution in [2.24, 2.45) is 17.4 Å². The Morgan fingerprint density at radius 1 is 1.12 bits per heavy atom. The summed E-state index contributed by atoms with van der Waals surface area (Å²) >= 11 is 1.60. The summed E-state index contributed by atoms with van der Waals surface area (Å²) in [6, 6.07) is -3.28. The highest BCUT2D eigenvalue weighted by Crippen LogP contribution is 2.20. The summed E-state index contributed by atoms with van der Waals surface area (Å²) in [6.07, 6.45) is 5.50. The number of nitrogens with one attached hydrogen (secondary N) is 2. The Balaban J connectivity index is 2.85. The number of likely N-dealkylation sites (tertiary alicyclic amines) is 1. The van der Waals surface area contributed by atoms with Crippen LogP contribution in [0.3, 0.4) is 0 Å². The van der Waals surface area contributed by atoms with Gasteiger partial charge in [0.2, 0.25) is 17.7 Å². The van der Waals surface area contributed by atoms with Crippen LogP contribution in [-0.2, 0) is 19.2 Å². The molecule has 0 aromatic carbocycles. The molecular formula is C22H41N5O5S. The maximum Gasteiger partial charge on any atom is 0.326 e. The lowest BCUT2D eigenvalue weighted by atomic mass is 10.0. The fourth-order valence-electron chi connectivity index (χ4n) is 3.88. The van der Waals surface area contributed by atoms with Gasteiger partial charge >= 0.3 is 5.97 Å². The number of nitrogens with zero attached hydrogens (tertiary/aromatic N) is 1. The molecule has 4 atom stereocenters. The minimum atomic E-state index is -1.12. The lowest BCUT2D eigenvalue weighted by Crippen LogP contribution is -2.56. The van der Waals surface area contributed by atoms with Crippen molar-refractivity contribution >= 4 is 35.5 Å². The number of carbonyl (C=O) groups excluding carboxylic acids is 3. The first-order chi connectivity index (χ1) is 15.6. The number of carbonyl (C=O) groups is 4. The van der Waals surface area contributed by atoms with Gasteiger partial charge in [0, 0.05) is 6.54 Å². The first-order valence-corrected chi connectivity index (χ1v) is 13.1. The van der Waals surface area contributed by atoms with E-state index in [2.05, 4.69) is 10.6 Å². The van der Waals surface area contributed by atoms with Crippen molar-refractivity contribution in [3.05, 3.63) is 0 Å². The van der Waals surface area contributed by atoms with E-state index in [1.54, 1.807) is 11.8 Å².